The second-order valence-corrected chi connectivity index (χ2v) is 6.61. The monoisotopic (exact) mass is 309 g/mol. The maximum atomic E-state index is 5.74. The van der Waals surface area contributed by atoms with Crippen molar-refractivity contribution in [1.29, 1.82) is 0 Å². The molecule has 4 nitrogen and oxygen atoms in total. The van der Waals surface area contributed by atoms with Crippen molar-refractivity contribution >= 4 is 5.82 Å². The molecule has 0 spiro atoms. The van der Waals surface area contributed by atoms with Gasteiger partial charge in [-0.2, -0.15) is 0 Å². The van der Waals surface area contributed by atoms with Crippen LogP contribution in [0.2, 0.25) is 0 Å². The maximum absolute atomic E-state index is 5.74. The molecule has 2 heterocycles. The summed E-state index contributed by atoms with van der Waals surface area (Å²) < 4.78 is 5.74. The molecule has 1 saturated heterocycles. The topological polar surface area (TPSA) is 38.2 Å². The van der Waals surface area contributed by atoms with Crippen molar-refractivity contribution in [2.24, 2.45) is 0 Å². The van der Waals surface area contributed by atoms with E-state index in [1.54, 1.807) is 0 Å². The molecule has 1 aromatic carbocycles. The largest absolute Gasteiger partial charge is 0.377 e. The fraction of sp³-hybridized carbons (Fsp3) is 0.474. The molecule has 1 saturated carbocycles. The first-order chi connectivity index (χ1) is 11.3. The van der Waals surface area contributed by atoms with Crippen molar-refractivity contribution in [2.45, 2.75) is 38.1 Å². The highest BCUT2D eigenvalue weighted by atomic mass is 16.5. The van der Waals surface area contributed by atoms with Crippen LogP contribution in [-0.2, 0) is 11.2 Å². The highest BCUT2D eigenvalue weighted by molar-refractivity contribution is 5.43. The predicted molar refractivity (Wildman–Crippen MR) is 90.8 cm³/mol. The van der Waals surface area contributed by atoms with Gasteiger partial charge in [0.15, 0.2) is 0 Å². The van der Waals surface area contributed by atoms with Gasteiger partial charge in [0.2, 0.25) is 0 Å². The smallest absolute Gasteiger partial charge is 0.134 e. The average molecular weight is 309 g/mol. The number of aryl methyl sites for hydroxylation is 1. The lowest BCUT2D eigenvalue weighted by atomic mass is 10.0. The van der Waals surface area contributed by atoms with Gasteiger partial charge in [-0.25, -0.2) is 9.97 Å². The molecule has 23 heavy (non-hydrogen) atoms. The van der Waals surface area contributed by atoms with Gasteiger partial charge in [0.05, 0.1) is 19.3 Å². The summed E-state index contributed by atoms with van der Waals surface area (Å²) in [7, 11) is 0. The second kappa shape index (κ2) is 6.28. The normalized spacial score (nSPS) is 21.4. The zero-order valence-corrected chi connectivity index (χ0v) is 13.6. The van der Waals surface area contributed by atoms with E-state index in [4.69, 9.17) is 9.72 Å². The fourth-order valence-electron chi connectivity index (χ4n) is 3.26. The van der Waals surface area contributed by atoms with Crippen LogP contribution in [0.25, 0.3) is 0 Å². The molecular weight excluding hydrogens is 286 g/mol. The molecule has 2 fully saturated rings. The van der Waals surface area contributed by atoms with Gasteiger partial charge in [0.25, 0.3) is 0 Å². The number of rotatable bonds is 4. The number of anilines is 1. The summed E-state index contributed by atoms with van der Waals surface area (Å²) in [5.41, 5.74) is 2.42. The zero-order valence-electron chi connectivity index (χ0n) is 13.6. The molecule has 4 rings (SSSR count). The summed E-state index contributed by atoms with van der Waals surface area (Å²) in [6.45, 7) is 4.51. The Labute approximate surface area is 137 Å². The van der Waals surface area contributed by atoms with Crippen LogP contribution in [-0.4, -0.2) is 35.8 Å². The van der Waals surface area contributed by atoms with E-state index in [9.17, 15) is 0 Å². The standard InChI is InChI=1S/C19H23N3O/c1-14-11-18(21-19(20-14)16-7-8-16)22-9-10-23-13-17(22)12-15-5-3-2-4-6-15/h2-6,11,16-17H,7-10,12-13H2,1H3. The molecular formula is C19H23N3O. The van der Waals surface area contributed by atoms with Crippen molar-refractivity contribution in [3.8, 4) is 0 Å². The molecule has 120 valence electrons. The molecule has 2 aromatic rings. The lowest BCUT2D eigenvalue weighted by molar-refractivity contribution is 0.0936. The molecule has 0 radical (unpaired) electrons. The average Bonchev–Trinajstić information content (AvgIpc) is 3.41. The van der Waals surface area contributed by atoms with Crippen LogP contribution in [0.15, 0.2) is 36.4 Å². The molecule has 0 bridgehead atoms. The van der Waals surface area contributed by atoms with Crippen molar-refractivity contribution in [1.82, 2.24) is 9.97 Å². The lowest BCUT2D eigenvalue weighted by Crippen LogP contribution is -2.47. The number of morpholine rings is 1. The Kier molecular flexibility index (Phi) is 4.00. The third-order valence-electron chi connectivity index (χ3n) is 4.64. The summed E-state index contributed by atoms with van der Waals surface area (Å²) in [6.07, 6.45) is 3.46. The number of hydrogen-bond donors (Lipinski definition) is 0. The number of aromatic nitrogens is 2. The van der Waals surface area contributed by atoms with E-state index in [1.165, 1.54) is 18.4 Å². The second-order valence-electron chi connectivity index (χ2n) is 6.61. The van der Waals surface area contributed by atoms with Gasteiger partial charge in [-0.05, 0) is 31.7 Å². The Hall–Kier alpha value is -1.94. The Bertz CT molecular complexity index is 670. The lowest BCUT2D eigenvalue weighted by Gasteiger charge is -2.37. The Morgan fingerprint density at radius 1 is 1.17 bits per heavy atom. The van der Waals surface area contributed by atoms with E-state index in [0.29, 0.717) is 12.0 Å². The van der Waals surface area contributed by atoms with E-state index in [0.717, 1.165) is 43.5 Å². The summed E-state index contributed by atoms with van der Waals surface area (Å²) >= 11 is 0. The van der Waals surface area contributed by atoms with Gasteiger partial charge in [0, 0.05) is 24.2 Å². The molecule has 0 amide bonds. The maximum Gasteiger partial charge on any atom is 0.134 e. The number of nitrogens with zero attached hydrogens (tertiary/aromatic N) is 3. The summed E-state index contributed by atoms with van der Waals surface area (Å²) in [5, 5.41) is 0. The third kappa shape index (κ3) is 3.37. The molecule has 1 aliphatic carbocycles. The van der Waals surface area contributed by atoms with Crippen LogP contribution in [0.3, 0.4) is 0 Å². The number of benzene rings is 1. The van der Waals surface area contributed by atoms with Gasteiger partial charge < -0.3 is 9.64 Å². The number of hydrogen-bond acceptors (Lipinski definition) is 4. The van der Waals surface area contributed by atoms with E-state index in [2.05, 4.69) is 53.2 Å². The van der Waals surface area contributed by atoms with Gasteiger partial charge >= 0.3 is 0 Å². The van der Waals surface area contributed by atoms with Gasteiger partial charge in [-0.3, -0.25) is 0 Å². The van der Waals surface area contributed by atoms with E-state index in [1.807, 2.05) is 0 Å². The van der Waals surface area contributed by atoms with Gasteiger partial charge in [-0.15, -0.1) is 0 Å². The number of ether oxygens (including phenoxy) is 1. The minimum atomic E-state index is 0.340. The van der Waals surface area contributed by atoms with Gasteiger partial charge in [0.1, 0.15) is 11.6 Å². The van der Waals surface area contributed by atoms with E-state index >= 15 is 0 Å². The Balaban J connectivity index is 1.59. The van der Waals surface area contributed by atoms with Crippen molar-refractivity contribution in [3.63, 3.8) is 0 Å². The van der Waals surface area contributed by atoms with E-state index in [-0.39, 0.29) is 0 Å². The zero-order chi connectivity index (χ0) is 15.6. The van der Waals surface area contributed by atoms with Gasteiger partial charge in [-0.1, -0.05) is 30.3 Å². The molecule has 1 aliphatic heterocycles. The van der Waals surface area contributed by atoms with Crippen LogP contribution in [0.4, 0.5) is 5.82 Å². The first-order valence-corrected chi connectivity index (χ1v) is 8.53. The first-order valence-electron chi connectivity index (χ1n) is 8.53. The molecule has 1 atom stereocenters. The highest BCUT2D eigenvalue weighted by Gasteiger charge is 2.29. The Morgan fingerprint density at radius 2 is 2.00 bits per heavy atom. The molecule has 0 N–H and O–H groups in total. The molecule has 1 unspecified atom stereocenters. The van der Waals surface area contributed by atoms with Crippen LogP contribution >= 0.6 is 0 Å². The van der Waals surface area contributed by atoms with Crippen LogP contribution in [0, 0.1) is 6.92 Å². The third-order valence-corrected chi connectivity index (χ3v) is 4.64. The quantitative estimate of drug-likeness (QED) is 0.870. The predicted octanol–water partition coefficient (Wildman–Crippen LogP) is 3.11. The van der Waals surface area contributed by atoms with Crippen LogP contribution in [0.1, 0.15) is 35.8 Å². The Morgan fingerprint density at radius 3 is 2.78 bits per heavy atom. The summed E-state index contributed by atoms with van der Waals surface area (Å²) in [6, 6.07) is 13.1. The SMILES string of the molecule is Cc1cc(N2CCOCC2Cc2ccccc2)nc(C2CC2)n1. The summed E-state index contributed by atoms with van der Waals surface area (Å²) in [5.74, 6) is 2.69. The van der Waals surface area contributed by atoms with Crippen molar-refractivity contribution in [3.05, 3.63) is 53.5 Å². The molecule has 4 heteroatoms. The molecule has 2 aliphatic rings. The van der Waals surface area contributed by atoms with Crippen LogP contribution < -0.4 is 4.90 Å². The van der Waals surface area contributed by atoms with Crippen LogP contribution in [0.5, 0.6) is 0 Å². The first kappa shape index (κ1) is 14.6. The minimum absolute atomic E-state index is 0.340. The minimum Gasteiger partial charge on any atom is -0.377 e. The van der Waals surface area contributed by atoms with Crippen molar-refractivity contribution < 1.29 is 4.74 Å². The van der Waals surface area contributed by atoms with E-state index < -0.39 is 0 Å². The fourth-order valence-corrected chi connectivity index (χ4v) is 3.26. The highest BCUT2D eigenvalue weighted by Crippen LogP contribution is 2.38. The van der Waals surface area contributed by atoms with Crippen molar-refractivity contribution in [2.75, 3.05) is 24.7 Å². The summed E-state index contributed by atoms with van der Waals surface area (Å²) in [4.78, 5) is 11.9. The molecule has 1 aromatic heterocycles.